The number of rotatable bonds is 4. The molecule has 3 aliphatic rings. The van der Waals surface area contributed by atoms with Gasteiger partial charge in [0.1, 0.15) is 6.29 Å². The number of nitrogens with one attached hydrogen (secondary N) is 5. The van der Waals surface area contributed by atoms with Crippen LogP contribution in [-0.2, 0) is 14.6 Å². The van der Waals surface area contributed by atoms with Gasteiger partial charge in [0.2, 0.25) is 5.91 Å². The Hall–Kier alpha value is -1.72. The lowest BCUT2D eigenvalue weighted by Gasteiger charge is -2.48. The SMILES string of the molecule is CS(=O)(=O)c1ccc(NC2NC(N3CCCCCC3)NC3CNNC(=O)C32)cc1. The van der Waals surface area contributed by atoms with Gasteiger partial charge in [0, 0.05) is 37.6 Å². The molecule has 1 aromatic rings. The van der Waals surface area contributed by atoms with E-state index in [-0.39, 0.29) is 35.2 Å². The third-order valence-corrected chi connectivity index (χ3v) is 7.08. The van der Waals surface area contributed by atoms with Crippen molar-refractivity contribution in [1.82, 2.24) is 26.4 Å². The van der Waals surface area contributed by atoms with Crippen LogP contribution in [0.1, 0.15) is 25.7 Å². The number of fused-ring (bicyclic) bond motifs is 1. The zero-order valence-electron chi connectivity index (χ0n) is 16.6. The van der Waals surface area contributed by atoms with E-state index in [1.807, 2.05) is 0 Å². The Balaban J connectivity index is 1.53. The normalized spacial score (nSPS) is 31.4. The van der Waals surface area contributed by atoms with Gasteiger partial charge in [-0.1, -0.05) is 12.8 Å². The van der Waals surface area contributed by atoms with Crippen molar-refractivity contribution in [1.29, 1.82) is 0 Å². The first-order valence-corrected chi connectivity index (χ1v) is 12.2. The molecule has 3 heterocycles. The number of hydrazine groups is 1. The Labute approximate surface area is 171 Å². The standard InChI is InChI=1S/C19H30N6O3S/c1-29(27,28)14-8-6-13(7-9-14)21-17-16-15(12-20-24-18(16)26)22-19(23-17)25-10-4-2-3-5-11-25/h6-9,15-17,19-23H,2-5,10-12H2,1H3,(H,24,26). The van der Waals surface area contributed by atoms with E-state index in [0.717, 1.165) is 18.8 Å². The molecular weight excluding hydrogens is 392 g/mol. The van der Waals surface area contributed by atoms with Gasteiger partial charge >= 0.3 is 0 Å². The van der Waals surface area contributed by atoms with Gasteiger partial charge in [0.15, 0.2) is 9.84 Å². The first-order valence-electron chi connectivity index (χ1n) is 10.3. The molecule has 0 aromatic heterocycles. The van der Waals surface area contributed by atoms with E-state index in [4.69, 9.17) is 0 Å². The second-order valence-electron chi connectivity index (χ2n) is 8.11. The molecule has 5 N–H and O–H groups in total. The van der Waals surface area contributed by atoms with Crippen molar-refractivity contribution in [2.45, 2.75) is 49.1 Å². The van der Waals surface area contributed by atoms with Crippen molar-refractivity contribution in [3.8, 4) is 0 Å². The highest BCUT2D eigenvalue weighted by molar-refractivity contribution is 7.90. The first kappa shape index (κ1) is 20.5. The van der Waals surface area contributed by atoms with Gasteiger partial charge in [0.05, 0.1) is 17.0 Å². The summed E-state index contributed by atoms with van der Waals surface area (Å²) in [7, 11) is -3.24. The van der Waals surface area contributed by atoms with Crippen molar-refractivity contribution in [3.05, 3.63) is 24.3 Å². The average molecular weight is 423 g/mol. The molecule has 4 rings (SSSR count). The quantitative estimate of drug-likeness (QED) is 0.453. The molecule has 29 heavy (non-hydrogen) atoms. The number of amides is 1. The number of sulfone groups is 1. The van der Waals surface area contributed by atoms with Crippen LogP contribution in [0.4, 0.5) is 5.69 Å². The topological polar surface area (TPSA) is 115 Å². The predicted octanol–water partition coefficient (Wildman–Crippen LogP) is -0.200. The van der Waals surface area contributed by atoms with E-state index in [1.165, 1.54) is 31.9 Å². The van der Waals surface area contributed by atoms with E-state index in [0.29, 0.717) is 6.54 Å². The molecule has 4 atom stereocenters. The molecule has 3 saturated heterocycles. The van der Waals surface area contributed by atoms with Crippen molar-refractivity contribution in [2.24, 2.45) is 5.92 Å². The van der Waals surface area contributed by atoms with Crippen LogP contribution in [0.25, 0.3) is 0 Å². The lowest BCUT2D eigenvalue weighted by Crippen LogP contribution is -2.76. The largest absolute Gasteiger partial charge is 0.369 e. The molecule has 0 radical (unpaired) electrons. The molecule has 0 spiro atoms. The number of nitrogens with zero attached hydrogens (tertiary/aromatic N) is 1. The maximum absolute atomic E-state index is 12.6. The Kier molecular flexibility index (Phi) is 6.07. The second kappa shape index (κ2) is 8.57. The van der Waals surface area contributed by atoms with Crippen LogP contribution >= 0.6 is 0 Å². The summed E-state index contributed by atoms with van der Waals surface area (Å²) in [5.74, 6) is -0.366. The summed E-state index contributed by atoms with van der Waals surface area (Å²) in [6.45, 7) is 2.70. The summed E-state index contributed by atoms with van der Waals surface area (Å²) in [4.78, 5) is 15.3. The number of hydrogen-bond donors (Lipinski definition) is 5. The molecule has 160 valence electrons. The van der Waals surface area contributed by atoms with Crippen LogP contribution < -0.4 is 26.8 Å². The zero-order valence-corrected chi connectivity index (χ0v) is 17.5. The summed E-state index contributed by atoms with van der Waals surface area (Å²) in [5.41, 5.74) is 6.48. The summed E-state index contributed by atoms with van der Waals surface area (Å²) in [5, 5.41) is 10.6. The van der Waals surface area contributed by atoms with Gasteiger partial charge in [-0.25, -0.2) is 13.8 Å². The monoisotopic (exact) mass is 422 g/mol. The highest BCUT2D eigenvalue weighted by Gasteiger charge is 2.44. The molecule has 10 heteroatoms. The Morgan fingerprint density at radius 2 is 1.72 bits per heavy atom. The van der Waals surface area contributed by atoms with Crippen molar-refractivity contribution in [2.75, 3.05) is 31.2 Å². The van der Waals surface area contributed by atoms with Crippen LogP contribution in [-0.4, -0.2) is 63.6 Å². The van der Waals surface area contributed by atoms with Gasteiger partial charge in [-0.05, 0) is 37.1 Å². The summed E-state index contributed by atoms with van der Waals surface area (Å²) < 4.78 is 23.4. The summed E-state index contributed by atoms with van der Waals surface area (Å²) in [6, 6.07) is 6.66. The van der Waals surface area contributed by atoms with E-state index in [1.54, 1.807) is 24.3 Å². The second-order valence-corrected chi connectivity index (χ2v) is 10.1. The lowest BCUT2D eigenvalue weighted by molar-refractivity contribution is -0.132. The van der Waals surface area contributed by atoms with Crippen LogP contribution in [0.3, 0.4) is 0 Å². The maximum atomic E-state index is 12.6. The summed E-state index contributed by atoms with van der Waals surface area (Å²) >= 11 is 0. The van der Waals surface area contributed by atoms with Crippen LogP contribution in [0.2, 0.25) is 0 Å². The van der Waals surface area contributed by atoms with E-state index in [2.05, 4.69) is 31.7 Å². The van der Waals surface area contributed by atoms with Gasteiger partial charge in [-0.3, -0.25) is 25.8 Å². The van der Waals surface area contributed by atoms with Crippen LogP contribution in [0, 0.1) is 5.92 Å². The number of carbonyl (C=O) groups excluding carboxylic acids is 1. The molecule has 1 amide bonds. The molecule has 4 unspecified atom stereocenters. The Morgan fingerprint density at radius 1 is 1.03 bits per heavy atom. The zero-order chi connectivity index (χ0) is 20.4. The minimum Gasteiger partial charge on any atom is -0.369 e. The Morgan fingerprint density at radius 3 is 2.38 bits per heavy atom. The van der Waals surface area contributed by atoms with Crippen molar-refractivity contribution >= 4 is 21.4 Å². The third-order valence-electron chi connectivity index (χ3n) is 5.95. The number of likely N-dealkylation sites (tertiary alicyclic amines) is 1. The molecule has 0 saturated carbocycles. The van der Waals surface area contributed by atoms with Crippen molar-refractivity contribution in [3.63, 3.8) is 0 Å². The van der Waals surface area contributed by atoms with E-state index in [9.17, 15) is 13.2 Å². The third kappa shape index (κ3) is 4.72. The molecule has 3 fully saturated rings. The van der Waals surface area contributed by atoms with E-state index >= 15 is 0 Å². The first-order chi connectivity index (χ1) is 13.9. The van der Waals surface area contributed by atoms with Gasteiger partial charge in [-0.2, -0.15) is 0 Å². The van der Waals surface area contributed by atoms with Crippen LogP contribution in [0.5, 0.6) is 0 Å². The highest BCUT2D eigenvalue weighted by Crippen LogP contribution is 2.23. The predicted molar refractivity (Wildman–Crippen MR) is 110 cm³/mol. The fourth-order valence-corrected chi connectivity index (χ4v) is 5.02. The summed E-state index contributed by atoms with van der Waals surface area (Å²) in [6.07, 6.45) is 5.77. The smallest absolute Gasteiger partial charge is 0.242 e. The number of benzene rings is 1. The van der Waals surface area contributed by atoms with Gasteiger partial charge in [-0.15, -0.1) is 0 Å². The fourth-order valence-electron chi connectivity index (χ4n) is 4.39. The van der Waals surface area contributed by atoms with E-state index < -0.39 is 9.84 Å². The number of carbonyl (C=O) groups is 1. The molecule has 3 aliphatic heterocycles. The lowest BCUT2D eigenvalue weighted by atomic mass is 9.91. The minimum absolute atomic E-state index is 0.00829. The average Bonchev–Trinajstić information content (AvgIpc) is 2.97. The Bertz CT molecular complexity index is 823. The van der Waals surface area contributed by atoms with Gasteiger partial charge in [0.25, 0.3) is 0 Å². The number of hydrogen-bond acceptors (Lipinski definition) is 8. The highest BCUT2D eigenvalue weighted by atomic mass is 32.2. The van der Waals surface area contributed by atoms with Gasteiger partial charge < -0.3 is 5.32 Å². The maximum Gasteiger partial charge on any atom is 0.242 e. The fraction of sp³-hybridized carbons (Fsp3) is 0.632. The number of anilines is 1. The molecular formula is C19H30N6O3S. The van der Waals surface area contributed by atoms with Crippen LogP contribution in [0.15, 0.2) is 29.2 Å². The molecule has 1 aromatic carbocycles. The van der Waals surface area contributed by atoms with Crippen molar-refractivity contribution < 1.29 is 13.2 Å². The molecule has 0 aliphatic carbocycles. The minimum atomic E-state index is -3.24. The molecule has 0 bridgehead atoms. The molecule has 9 nitrogen and oxygen atoms in total.